The molecule has 0 bridgehead atoms. The van der Waals surface area contributed by atoms with E-state index >= 15 is 0 Å². The smallest absolute Gasteiger partial charge is 0.0589 e. The summed E-state index contributed by atoms with van der Waals surface area (Å²) in [6.45, 7) is 4.54. The highest BCUT2D eigenvalue weighted by Crippen LogP contribution is 2.22. The molecule has 2 nitrogen and oxygen atoms in total. The molecule has 0 fully saturated rings. The summed E-state index contributed by atoms with van der Waals surface area (Å²) >= 11 is 7.69. The third kappa shape index (κ3) is 4.49. The van der Waals surface area contributed by atoms with Gasteiger partial charge >= 0.3 is 0 Å². The van der Waals surface area contributed by atoms with Crippen LogP contribution in [0, 0.1) is 0 Å². The Hall–Kier alpha value is -0.800. The van der Waals surface area contributed by atoms with Gasteiger partial charge in [0, 0.05) is 23.1 Å². The maximum absolute atomic E-state index is 5.87. The summed E-state index contributed by atoms with van der Waals surface area (Å²) in [5, 5.41) is 3.95. The second-order valence-corrected chi connectivity index (χ2v) is 4.61. The van der Waals surface area contributed by atoms with Crippen molar-refractivity contribution in [2.75, 3.05) is 29.1 Å². The van der Waals surface area contributed by atoms with Crippen molar-refractivity contribution in [1.29, 1.82) is 0 Å². The van der Waals surface area contributed by atoms with Crippen molar-refractivity contribution in [3.63, 3.8) is 0 Å². The normalized spacial score (nSPS) is 9.93. The van der Waals surface area contributed by atoms with Crippen LogP contribution in [0.1, 0.15) is 0 Å². The molecule has 0 aromatic heterocycles. The average molecular weight is 243 g/mol. The van der Waals surface area contributed by atoms with Crippen LogP contribution < -0.4 is 11.1 Å². The molecular weight excluding hydrogens is 228 g/mol. The maximum Gasteiger partial charge on any atom is 0.0589 e. The Kier molecular flexibility index (Phi) is 5.43. The highest BCUT2D eigenvalue weighted by molar-refractivity contribution is 7.99. The van der Waals surface area contributed by atoms with Gasteiger partial charge in [-0.1, -0.05) is 17.7 Å². The SMILES string of the molecule is C=CCSCCNc1cc(Cl)ccc1N. The average Bonchev–Trinajstić information content (AvgIpc) is 2.23. The number of hydrogen-bond donors (Lipinski definition) is 2. The predicted molar refractivity (Wildman–Crippen MR) is 71.9 cm³/mol. The van der Waals surface area contributed by atoms with Crippen LogP contribution in [0.4, 0.5) is 11.4 Å². The molecule has 4 heteroatoms. The minimum Gasteiger partial charge on any atom is -0.397 e. The molecular formula is C11H15ClN2S. The second kappa shape index (κ2) is 6.64. The first-order valence-corrected chi connectivity index (χ1v) is 6.25. The topological polar surface area (TPSA) is 38.0 Å². The Morgan fingerprint density at radius 1 is 1.53 bits per heavy atom. The molecule has 0 unspecified atom stereocenters. The Morgan fingerprint density at radius 2 is 2.33 bits per heavy atom. The van der Waals surface area contributed by atoms with Gasteiger partial charge in [-0.3, -0.25) is 0 Å². The third-order valence-electron chi connectivity index (χ3n) is 1.81. The molecule has 1 aromatic rings. The van der Waals surface area contributed by atoms with E-state index in [1.165, 1.54) is 0 Å². The van der Waals surface area contributed by atoms with Crippen LogP contribution in [0.5, 0.6) is 0 Å². The fourth-order valence-corrected chi connectivity index (χ4v) is 1.86. The lowest BCUT2D eigenvalue weighted by molar-refractivity contribution is 1.23. The number of anilines is 2. The number of hydrogen-bond acceptors (Lipinski definition) is 3. The lowest BCUT2D eigenvalue weighted by Gasteiger charge is -2.08. The van der Waals surface area contributed by atoms with E-state index in [4.69, 9.17) is 17.3 Å². The van der Waals surface area contributed by atoms with Crippen LogP contribution in [-0.2, 0) is 0 Å². The minimum atomic E-state index is 0.699. The van der Waals surface area contributed by atoms with Gasteiger partial charge in [-0.25, -0.2) is 0 Å². The van der Waals surface area contributed by atoms with Crippen molar-refractivity contribution in [2.45, 2.75) is 0 Å². The van der Waals surface area contributed by atoms with Crippen LogP contribution in [0.3, 0.4) is 0 Å². The number of benzene rings is 1. The van der Waals surface area contributed by atoms with E-state index in [-0.39, 0.29) is 0 Å². The summed E-state index contributed by atoms with van der Waals surface area (Å²) < 4.78 is 0. The zero-order chi connectivity index (χ0) is 11.1. The molecule has 1 aromatic carbocycles. The molecule has 3 N–H and O–H groups in total. The van der Waals surface area contributed by atoms with Gasteiger partial charge in [-0.05, 0) is 18.2 Å². The molecule has 0 atom stereocenters. The monoisotopic (exact) mass is 242 g/mol. The Labute approximate surface area is 99.9 Å². The number of thioether (sulfide) groups is 1. The van der Waals surface area contributed by atoms with Crippen LogP contribution >= 0.6 is 23.4 Å². The van der Waals surface area contributed by atoms with Crippen molar-refractivity contribution in [1.82, 2.24) is 0 Å². The zero-order valence-electron chi connectivity index (χ0n) is 8.50. The van der Waals surface area contributed by atoms with E-state index in [1.54, 1.807) is 6.07 Å². The van der Waals surface area contributed by atoms with Gasteiger partial charge < -0.3 is 11.1 Å². The van der Waals surface area contributed by atoms with Crippen LogP contribution in [0.25, 0.3) is 0 Å². The van der Waals surface area contributed by atoms with Crippen molar-refractivity contribution in [3.05, 3.63) is 35.9 Å². The molecule has 0 radical (unpaired) electrons. The summed E-state index contributed by atoms with van der Waals surface area (Å²) in [5.74, 6) is 2.00. The van der Waals surface area contributed by atoms with E-state index in [2.05, 4.69) is 11.9 Å². The lowest BCUT2D eigenvalue weighted by Crippen LogP contribution is -2.06. The minimum absolute atomic E-state index is 0.699. The molecule has 0 saturated heterocycles. The van der Waals surface area contributed by atoms with Crippen LogP contribution in [-0.4, -0.2) is 18.1 Å². The van der Waals surface area contributed by atoms with E-state index in [0.717, 1.165) is 29.4 Å². The molecule has 0 aliphatic heterocycles. The van der Waals surface area contributed by atoms with E-state index in [1.807, 2.05) is 30.0 Å². The molecule has 0 aliphatic rings. The number of nitrogen functional groups attached to an aromatic ring is 1. The van der Waals surface area contributed by atoms with E-state index < -0.39 is 0 Å². The maximum atomic E-state index is 5.87. The highest BCUT2D eigenvalue weighted by atomic mass is 35.5. The van der Waals surface area contributed by atoms with Gasteiger partial charge in [0.15, 0.2) is 0 Å². The molecule has 82 valence electrons. The molecule has 0 heterocycles. The molecule has 0 aliphatic carbocycles. The Balaban J connectivity index is 2.36. The summed E-state index contributed by atoms with van der Waals surface area (Å²) in [5.41, 5.74) is 7.42. The Bertz CT molecular complexity index is 328. The number of nitrogens with two attached hydrogens (primary N) is 1. The van der Waals surface area contributed by atoms with Crippen LogP contribution in [0.2, 0.25) is 5.02 Å². The summed E-state index contributed by atoms with van der Waals surface area (Å²) in [4.78, 5) is 0. The van der Waals surface area contributed by atoms with Gasteiger partial charge in [0.2, 0.25) is 0 Å². The fourth-order valence-electron chi connectivity index (χ4n) is 1.11. The standard InChI is InChI=1S/C11H15ClN2S/c1-2-6-15-7-5-14-11-8-9(12)3-4-10(11)13/h2-4,8,14H,1,5-7,13H2. The van der Waals surface area contributed by atoms with E-state index in [0.29, 0.717) is 5.02 Å². The third-order valence-corrected chi connectivity index (χ3v) is 3.01. The number of rotatable bonds is 6. The van der Waals surface area contributed by atoms with Crippen molar-refractivity contribution < 1.29 is 0 Å². The lowest BCUT2D eigenvalue weighted by atomic mass is 10.3. The van der Waals surface area contributed by atoms with Gasteiger partial charge in [0.05, 0.1) is 11.4 Å². The second-order valence-electron chi connectivity index (χ2n) is 3.02. The molecule has 15 heavy (non-hydrogen) atoms. The highest BCUT2D eigenvalue weighted by Gasteiger charge is 1.98. The quantitative estimate of drug-likeness (QED) is 0.457. The summed E-state index contributed by atoms with van der Waals surface area (Å²) in [6.07, 6.45) is 1.90. The first-order chi connectivity index (χ1) is 7.24. The first kappa shape index (κ1) is 12.3. The Morgan fingerprint density at radius 3 is 3.07 bits per heavy atom. The molecule has 0 spiro atoms. The fraction of sp³-hybridized carbons (Fsp3) is 0.273. The molecule has 0 amide bonds. The van der Waals surface area contributed by atoms with Crippen molar-refractivity contribution in [2.24, 2.45) is 0 Å². The molecule has 1 rings (SSSR count). The zero-order valence-corrected chi connectivity index (χ0v) is 10.1. The summed E-state index contributed by atoms with van der Waals surface area (Å²) in [7, 11) is 0. The van der Waals surface area contributed by atoms with Gasteiger partial charge in [0.1, 0.15) is 0 Å². The largest absolute Gasteiger partial charge is 0.397 e. The van der Waals surface area contributed by atoms with E-state index in [9.17, 15) is 0 Å². The van der Waals surface area contributed by atoms with Crippen LogP contribution in [0.15, 0.2) is 30.9 Å². The van der Waals surface area contributed by atoms with Gasteiger partial charge in [0.25, 0.3) is 0 Å². The van der Waals surface area contributed by atoms with Gasteiger partial charge in [-0.15, -0.1) is 6.58 Å². The number of nitrogens with one attached hydrogen (secondary N) is 1. The summed E-state index contributed by atoms with van der Waals surface area (Å²) in [6, 6.07) is 5.44. The van der Waals surface area contributed by atoms with Gasteiger partial charge in [-0.2, -0.15) is 11.8 Å². The predicted octanol–water partition coefficient (Wildman–Crippen LogP) is 3.25. The van der Waals surface area contributed by atoms with Crippen molar-refractivity contribution >= 4 is 34.7 Å². The van der Waals surface area contributed by atoms with Crippen molar-refractivity contribution in [3.8, 4) is 0 Å². The molecule has 0 saturated carbocycles. The number of halogens is 1. The first-order valence-electron chi connectivity index (χ1n) is 4.71.